The first-order valence-corrected chi connectivity index (χ1v) is 10.9. The average Bonchev–Trinajstić information content (AvgIpc) is 3.25. The lowest BCUT2D eigenvalue weighted by Crippen LogP contribution is -2.44. The van der Waals surface area contributed by atoms with Gasteiger partial charge in [0.2, 0.25) is 5.91 Å². The highest BCUT2D eigenvalue weighted by Gasteiger charge is 2.34. The summed E-state index contributed by atoms with van der Waals surface area (Å²) in [6.07, 6.45) is 0.145. The molecule has 1 amide bonds. The normalized spacial score (nSPS) is 18.4. The van der Waals surface area contributed by atoms with Gasteiger partial charge in [-0.3, -0.25) is 14.4 Å². The molecule has 0 bridgehead atoms. The lowest BCUT2D eigenvalue weighted by molar-refractivity contribution is -0.147. The van der Waals surface area contributed by atoms with Crippen molar-refractivity contribution >= 4 is 46.8 Å². The summed E-state index contributed by atoms with van der Waals surface area (Å²) in [7, 11) is 0. The third kappa shape index (κ3) is 6.03. The number of rotatable bonds is 9. The van der Waals surface area contributed by atoms with E-state index in [0.717, 1.165) is 0 Å². The van der Waals surface area contributed by atoms with Gasteiger partial charge in [-0.2, -0.15) is 0 Å². The number of hydrogen-bond donors (Lipinski definition) is 3. The summed E-state index contributed by atoms with van der Waals surface area (Å²) in [6, 6.07) is 10.2. The van der Waals surface area contributed by atoms with Crippen LogP contribution in [0.15, 0.2) is 42.5 Å². The fourth-order valence-electron chi connectivity index (χ4n) is 3.67. The molecule has 1 aliphatic rings. The van der Waals surface area contributed by atoms with Gasteiger partial charge in [0, 0.05) is 17.0 Å². The van der Waals surface area contributed by atoms with Crippen molar-refractivity contribution in [2.24, 2.45) is 5.92 Å². The highest BCUT2D eigenvalue weighted by molar-refractivity contribution is 6.45. The maximum atomic E-state index is 12.7. The number of ketones is 1. The number of halogens is 2. The van der Waals surface area contributed by atoms with Crippen LogP contribution in [0.2, 0.25) is 10.0 Å². The minimum Gasteiger partial charge on any atom is -0.489 e. The van der Waals surface area contributed by atoms with Gasteiger partial charge >= 0.3 is 11.9 Å². The van der Waals surface area contributed by atoms with Crippen molar-refractivity contribution in [2.75, 3.05) is 0 Å². The van der Waals surface area contributed by atoms with Crippen LogP contribution in [0.5, 0.6) is 5.75 Å². The first kappa shape index (κ1) is 24.5. The zero-order valence-corrected chi connectivity index (χ0v) is 18.8. The Balaban J connectivity index is 1.64. The first-order chi connectivity index (χ1) is 15.7. The highest BCUT2D eigenvalue weighted by Crippen LogP contribution is 2.38. The number of ether oxygens (including phenoxy) is 1. The van der Waals surface area contributed by atoms with E-state index in [1.165, 1.54) is 6.07 Å². The smallest absolute Gasteiger partial charge is 0.326 e. The van der Waals surface area contributed by atoms with Crippen molar-refractivity contribution in [1.82, 2.24) is 5.32 Å². The van der Waals surface area contributed by atoms with Crippen molar-refractivity contribution in [2.45, 2.75) is 37.8 Å². The van der Waals surface area contributed by atoms with Crippen LogP contribution in [-0.4, -0.2) is 46.0 Å². The predicted molar refractivity (Wildman–Crippen MR) is 120 cm³/mol. The largest absolute Gasteiger partial charge is 0.489 e. The molecule has 1 aliphatic carbocycles. The van der Waals surface area contributed by atoms with Crippen molar-refractivity contribution in [3.05, 3.63) is 63.6 Å². The Morgan fingerprint density at radius 1 is 1.00 bits per heavy atom. The van der Waals surface area contributed by atoms with Gasteiger partial charge < -0.3 is 20.3 Å². The van der Waals surface area contributed by atoms with E-state index in [0.29, 0.717) is 24.8 Å². The molecule has 1 unspecified atom stereocenters. The van der Waals surface area contributed by atoms with E-state index in [1.54, 1.807) is 36.4 Å². The van der Waals surface area contributed by atoms with E-state index in [2.05, 4.69) is 5.32 Å². The van der Waals surface area contributed by atoms with Crippen LogP contribution in [-0.2, 0) is 14.4 Å². The van der Waals surface area contributed by atoms with Crippen molar-refractivity contribution in [3.63, 3.8) is 0 Å². The second-order valence-corrected chi connectivity index (χ2v) is 8.44. The number of carboxylic acid groups (broad SMARTS) is 2. The Morgan fingerprint density at radius 3 is 2.33 bits per heavy atom. The van der Waals surface area contributed by atoms with Gasteiger partial charge in [0.05, 0.1) is 17.5 Å². The minimum absolute atomic E-state index is 0.0632. The van der Waals surface area contributed by atoms with Crippen molar-refractivity contribution in [1.29, 1.82) is 0 Å². The fourth-order valence-corrected chi connectivity index (χ4v) is 4.12. The first-order valence-electron chi connectivity index (χ1n) is 10.2. The van der Waals surface area contributed by atoms with Gasteiger partial charge in [0.1, 0.15) is 16.8 Å². The molecule has 2 aromatic rings. The van der Waals surface area contributed by atoms with Crippen LogP contribution in [0.25, 0.3) is 0 Å². The third-order valence-corrected chi connectivity index (χ3v) is 6.23. The van der Waals surface area contributed by atoms with Crippen LogP contribution in [0.1, 0.15) is 41.6 Å². The molecular formula is C23H21Cl2NO7. The molecule has 0 radical (unpaired) electrons. The number of nitrogens with one attached hydrogen (secondary N) is 1. The quantitative estimate of drug-likeness (QED) is 0.452. The van der Waals surface area contributed by atoms with Crippen LogP contribution in [0, 0.1) is 5.92 Å². The molecular weight excluding hydrogens is 473 g/mol. The predicted octanol–water partition coefficient (Wildman–Crippen LogP) is 3.82. The lowest BCUT2D eigenvalue weighted by atomic mass is 10.0. The molecule has 8 nitrogen and oxygen atoms in total. The van der Waals surface area contributed by atoms with Gasteiger partial charge in [-0.25, -0.2) is 4.79 Å². The van der Waals surface area contributed by atoms with Gasteiger partial charge in [0.25, 0.3) is 0 Å². The SMILES string of the molecule is O=C(O)CC(NC(=O)[C@H]1CC[C@H](Oc2ccc(C(=O)c3ccccc3)c(Cl)c2Cl)C1)C(=O)O. The zero-order valence-electron chi connectivity index (χ0n) is 17.3. The molecule has 0 saturated heterocycles. The van der Waals surface area contributed by atoms with Gasteiger partial charge in [-0.15, -0.1) is 0 Å². The average molecular weight is 494 g/mol. The summed E-state index contributed by atoms with van der Waals surface area (Å²) >= 11 is 12.7. The Bertz CT molecular complexity index is 1070. The van der Waals surface area contributed by atoms with E-state index in [9.17, 15) is 19.2 Å². The molecule has 0 spiro atoms. The summed E-state index contributed by atoms with van der Waals surface area (Å²) in [5.74, 6) is -3.81. The molecule has 174 valence electrons. The lowest BCUT2D eigenvalue weighted by Gasteiger charge is -2.18. The Hall–Kier alpha value is -3.10. The van der Waals surface area contributed by atoms with Crippen molar-refractivity contribution < 1.29 is 34.1 Å². The summed E-state index contributed by atoms with van der Waals surface area (Å²) in [5, 5.41) is 20.3. The van der Waals surface area contributed by atoms with E-state index in [4.69, 9.17) is 38.2 Å². The number of hydrogen-bond acceptors (Lipinski definition) is 5. The third-order valence-electron chi connectivity index (χ3n) is 5.37. The topological polar surface area (TPSA) is 130 Å². The van der Waals surface area contributed by atoms with Crippen LogP contribution in [0.3, 0.4) is 0 Å². The molecule has 33 heavy (non-hydrogen) atoms. The second kappa shape index (κ2) is 10.7. The minimum atomic E-state index is -1.50. The molecule has 1 fully saturated rings. The number of aliphatic carboxylic acids is 2. The van der Waals surface area contributed by atoms with E-state index in [-0.39, 0.29) is 33.2 Å². The molecule has 1 saturated carbocycles. The van der Waals surface area contributed by atoms with Crippen molar-refractivity contribution in [3.8, 4) is 5.75 Å². The number of carbonyl (C=O) groups excluding carboxylic acids is 2. The monoisotopic (exact) mass is 493 g/mol. The van der Waals surface area contributed by atoms with Crippen LogP contribution in [0.4, 0.5) is 0 Å². The fraction of sp³-hybridized carbons (Fsp3) is 0.304. The molecule has 2 aromatic carbocycles. The molecule has 3 rings (SSSR count). The van der Waals surface area contributed by atoms with Gasteiger partial charge in [-0.05, 0) is 31.4 Å². The number of carboxylic acids is 2. The second-order valence-electron chi connectivity index (χ2n) is 7.68. The number of benzene rings is 2. The van der Waals surface area contributed by atoms with Gasteiger partial charge in [-0.1, -0.05) is 53.5 Å². The summed E-state index contributed by atoms with van der Waals surface area (Å²) in [4.78, 5) is 47.1. The Labute approximate surface area is 199 Å². The summed E-state index contributed by atoms with van der Waals surface area (Å²) in [6.45, 7) is 0. The standard InChI is InChI=1S/C23H21Cl2NO7/c24-19-15(21(29)12-4-2-1-3-5-12)8-9-17(20(19)25)33-14-7-6-13(10-14)22(30)26-16(23(31)32)11-18(27)28/h1-5,8-9,13-14,16H,6-7,10-11H2,(H,26,30)(H,27,28)(H,31,32)/t13-,14-,16?/m0/s1. The van der Waals surface area contributed by atoms with Gasteiger partial charge in [0.15, 0.2) is 5.78 Å². The van der Waals surface area contributed by atoms with Crippen LogP contribution >= 0.6 is 23.2 Å². The number of carbonyl (C=O) groups is 4. The van der Waals surface area contributed by atoms with E-state index >= 15 is 0 Å². The van der Waals surface area contributed by atoms with Crippen LogP contribution < -0.4 is 10.1 Å². The molecule has 0 aliphatic heterocycles. The summed E-state index contributed by atoms with van der Waals surface area (Å²) < 4.78 is 5.91. The maximum absolute atomic E-state index is 12.7. The molecule has 3 atom stereocenters. The summed E-state index contributed by atoms with van der Waals surface area (Å²) in [5.41, 5.74) is 0.707. The molecule has 10 heteroatoms. The van der Waals surface area contributed by atoms with E-state index < -0.39 is 36.2 Å². The zero-order chi connectivity index (χ0) is 24.1. The van der Waals surface area contributed by atoms with E-state index in [1.807, 2.05) is 0 Å². The molecule has 0 aromatic heterocycles. The number of amides is 1. The Morgan fingerprint density at radius 2 is 1.70 bits per heavy atom. The molecule has 3 N–H and O–H groups in total. The molecule has 0 heterocycles. The highest BCUT2D eigenvalue weighted by atomic mass is 35.5. The maximum Gasteiger partial charge on any atom is 0.326 e. The Kier molecular flexibility index (Phi) is 7.94.